The van der Waals surface area contributed by atoms with Gasteiger partial charge in [0.1, 0.15) is 0 Å². The molecule has 0 bridgehead atoms. The molecule has 2 atom stereocenters. The van der Waals surface area contributed by atoms with E-state index in [1.54, 1.807) is 0 Å². The van der Waals surface area contributed by atoms with Crippen LogP contribution in [0.2, 0.25) is 0 Å². The Morgan fingerprint density at radius 3 is 3.00 bits per heavy atom. The Bertz CT molecular complexity index is 130. The van der Waals surface area contributed by atoms with Crippen molar-refractivity contribution in [1.82, 2.24) is 10.2 Å². The van der Waals surface area contributed by atoms with Gasteiger partial charge in [0.25, 0.3) is 0 Å². The van der Waals surface area contributed by atoms with Gasteiger partial charge in [0.2, 0.25) is 0 Å². The van der Waals surface area contributed by atoms with Gasteiger partial charge in [0.15, 0.2) is 0 Å². The van der Waals surface area contributed by atoms with Crippen LogP contribution in [-0.4, -0.2) is 50.3 Å². The van der Waals surface area contributed by atoms with Crippen LogP contribution in [0.1, 0.15) is 13.8 Å². The minimum absolute atomic E-state index is 0.401. The molecule has 0 saturated carbocycles. The number of hydrogen-bond acceptors (Lipinski definition) is 3. The molecule has 1 aliphatic heterocycles. The third-order valence-electron chi connectivity index (χ3n) is 2.40. The summed E-state index contributed by atoms with van der Waals surface area (Å²) >= 11 is 0. The van der Waals surface area contributed by atoms with Crippen LogP contribution in [0.5, 0.6) is 0 Å². The van der Waals surface area contributed by atoms with Crippen molar-refractivity contribution in [2.75, 3.05) is 33.3 Å². The number of hydrogen-bond donors (Lipinski definition) is 1. The topological polar surface area (TPSA) is 24.5 Å². The summed E-state index contributed by atoms with van der Waals surface area (Å²) in [4.78, 5) is 2.48. The quantitative estimate of drug-likeness (QED) is 0.663. The van der Waals surface area contributed by atoms with Crippen molar-refractivity contribution in [2.24, 2.45) is 0 Å². The first-order chi connectivity index (χ1) is 5.74. The number of nitrogens with zero attached hydrogens (tertiary/aromatic N) is 1. The normalized spacial score (nSPS) is 28.8. The van der Waals surface area contributed by atoms with E-state index in [0.717, 1.165) is 26.2 Å². The molecule has 1 saturated heterocycles. The van der Waals surface area contributed by atoms with Crippen molar-refractivity contribution in [3.63, 3.8) is 0 Å². The zero-order valence-electron chi connectivity index (χ0n) is 8.34. The van der Waals surface area contributed by atoms with Crippen molar-refractivity contribution < 1.29 is 4.74 Å². The monoisotopic (exact) mass is 172 g/mol. The molecule has 0 aliphatic carbocycles. The summed E-state index contributed by atoms with van der Waals surface area (Å²) in [7, 11) is 2.00. The van der Waals surface area contributed by atoms with Crippen LogP contribution in [0.3, 0.4) is 0 Å². The minimum Gasteiger partial charge on any atom is -0.376 e. The Hall–Kier alpha value is -0.120. The van der Waals surface area contributed by atoms with Gasteiger partial charge in [0, 0.05) is 25.7 Å². The van der Waals surface area contributed by atoms with Gasteiger partial charge >= 0.3 is 0 Å². The zero-order valence-corrected chi connectivity index (χ0v) is 8.34. The molecule has 1 aliphatic rings. The van der Waals surface area contributed by atoms with Gasteiger partial charge in [0.05, 0.1) is 12.7 Å². The van der Waals surface area contributed by atoms with Gasteiger partial charge in [-0.2, -0.15) is 0 Å². The van der Waals surface area contributed by atoms with Crippen molar-refractivity contribution in [1.29, 1.82) is 0 Å². The Kier molecular flexibility index (Phi) is 3.98. The van der Waals surface area contributed by atoms with E-state index in [4.69, 9.17) is 4.74 Å². The van der Waals surface area contributed by atoms with Gasteiger partial charge in [-0.05, 0) is 20.9 Å². The lowest BCUT2D eigenvalue weighted by atomic mass is 10.2. The molecule has 1 N–H and O–H groups in total. The molecule has 0 spiro atoms. The molecule has 12 heavy (non-hydrogen) atoms. The third-order valence-corrected chi connectivity index (χ3v) is 2.40. The second-order valence-electron chi connectivity index (χ2n) is 3.58. The summed E-state index contributed by atoms with van der Waals surface area (Å²) in [6, 6.07) is 0.626. The number of morpholine rings is 1. The van der Waals surface area contributed by atoms with E-state index in [2.05, 4.69) is 24.1 Å². The molecule has 3 nitrogen and oxygen atoms in total. The van der Waals surface area contributed by atoms with Gasteiger partial charge in [-0.25, -0.2) is 0 Å². The lowest BCUT2D eigenvalue weighted by molar-refractivity contribution is -0.0309. The van der Waals surface area contributed by atoms with Crippen LogP contribution in [0, 0.1) is 0 Å². The lowest BCUT2D eigenvalue weighted by Gasteiger charge is -2.35. The highest BCUT2D eigenvalue weighted by molar-refractivity contribution is 4.74. The largest absolute Gasteiger partial charge is 0.376 e. The summed E-state index contributed by atoms with van der Waals surface area (Å²) in [6.45, 7) is 8.49. The van der Waals surface area contributed by atoms with Gasteiger partial charge < -0.3 is 10.1 Å². The molecular weight excluding hydrogens is 152 g/mol. The van der Waals surface area contributed by atoms with Crippen LogP contribution in [0.4, 0.5) is 0 Å². The van der Waals surface area contributed by atoms with E-state index >= 15 is 0 Å². The van der Waals surface area contributed by atoms with Gasteiger partial charge in [-0.1, -0.05) is 0 Å². The second-order valence-corrected chi connectivity index (χ2v) is 3.58. The molecule has 1 heterocycles. The molecule has 72 valence electrons. The Balaban J connectivity index is 2.29. The maximum atomic E-state index is 5.47. The standard InChI is InChI=1S/C9H20N2O/c1-8(6-10-3)11-4-5-12-9(2)7-11/h8-10H,4-7H2,1-3H3. The minimum atomic E-state index is 0.401. The molecule has 0 radical (unpaired) electrons. The summed E-state index contributed by atoms with van der Waals surface area (Å²) in [6.07, 6.45) is 0.401. The van der Waals surface area contributed by atoms with E-state index in [1.807, 2.05) is 7.05 Å². The molecule has 3 heteroatoms. The first-order valence-corrected chi connectivity index (χ1v) is 4.74. The van der Waals surface area contributed by atoms with E-state index in [-0.39, 0.29) is 0 Å². The van der Waals surface area contributed by atoms with Crippen LogP contribution < -0.4 is 5.32 Å². The molecule has 0 aromatic heterocycles. The maximum absolute atomic E-state index is 5.47. The smallest absolute Gasteiger partial charge is 0.0674 e. The van der Waals surface area contributed by atoms with Gasteiger partial charge in [-0.3, -0.25) is 4.90 Å². The fourth-order valence-corrected chi connectivity index (χ4v) is 1.67. The first kappa shape index (κ1) is 9.96. The molecular formula is C9H20N2O. The summed E-state index contributed by atoms with van der Waals surface area (Å²) in [5.74, 6) is 0. The Morgan fingerprint density at radius 1 is 1.67 bits per heavy atom. The fraction of sp³-hybridized carbons (Fsp3) is 1.00. The highest BCUT2D eigenvalue weighted by Gasteiger charge is 2.20. The highest BCUT2D eigenvalue weighted by atomic mass is 16.5. The fourth-order valence-electron chi connectivity index (χ4n) is 1.67. The van der Waals surface area contributed by atoms with Crippen LogP contribution >= 0.6 is 0 Å². The average Bonchev–Trinajstić information content (AvgIpc) is 2.05. The van der Waals surface area contributed by atoms with Gasteiger partial charge in [-0.15, -0.1) is 0 Å². The zero-order chi connectivity index (χ0) is 8.97. The molecule has 1 fully saturated rings. The lowest BCUT2D eigenvalue weighted by Crippen LogP contribution is -2.48. The maximum Gasteiger partial charge on any atom is 0.0674 e. The van der Waals surface area contributed by atoms with Crippen molar-refractivity contribution in [3.05, 3.63) is 0 Å². The van der Waals surface area contributed by atoms with E-state index < -0.39 is 0 Å². The van der Waals surface area contributed by atoms with E-state index in [0.29, 0.717) is 12.1 Å². The summed E-state index contributed by atoms with van der Waals surface area (Å²) in [5, 5.41) is 3.20. The Labute approximate surface area is 75.1 Å². The summed E-state index contributed by atoms with van der Waals surface area (Å²) < 4.78 is 5.47. The molecule has 1 rings (SSSR count). The molecule has 0 amide bonds. The molecule has 0 aromatic carbocycles. The Morgan fingerprint density at radius 2 is 2.42 bits per heavy atom. The number of likely N-dealkylation sites (N-methyl/N-ethyl adjacent to an activating group) is 1. The van der Waals surface area contributed by atoms with Crippen LogP contribution in [-0.2, 0) is 4.74 Å². The summed E-state index contributed by atoms with van der Waals surface area (Å²) in [5.41, 5.74) is 0. The molecule has 0 aromatic rings. The third kappa shape index (κ3) is 2.73. The first-order valence-electron chi connectivity index (χ1n) is 4.74. The van der Waals surface area contributed by atoms with Crippen LogP contribution in [0.25, 0.3) is 0 Å². The van der Waals surface area contributed by atoms with E-state index in [1.165, 1.54) is 0 Å². The van der Waals surface area contributed by atoms with Crippen molar-refractivity contribution in [2.45, 2.75) is 26.0 Å². The SMILES string of the molecule is CNCC(C)N1CCOC(C)C1. The predicted octanol–water partition coefficient (Wildman–Crippen LogP) is 0.315. The van der Waals surface area contributed by atoms with E-state index in [9.17, 15) is 0 Å². The average molecular weight is 172 g/mol. The second kappa shape index (κ2) is 4.80. The van der Waals surface area contributed by atoms with Crippen molar-refractivity contribution in [3.8, 4) is 0 Å². The van der Waals surface area contributed by atoms with Crippen LogP contribution in [0.15, 0.2) is 0 Å². The predicted molar refractivity (Wildman–Crippen MR) is 50.4 cm³/mol. The number of nitrogens with one attached hydrogen (secondary N) is 1. The van der Waals surface area contributed by atoms with Crippen molar-refractivity contribution >= 4 is 0 Å². The highest BCUT2D eigenvalue weighted by Crippen LogP contribution is 2.07. The number of ether oxygens (including phenoxy) is 1. The molecule has 2 unspecified atom stereocenters. The number of rotatable bonds is 3.